The average Bonchev–Trinajstić information content (AvgIpc) is 3.64. The van der Waals surface area contributed by atoms with E-state index >= 15 is 0 Å². The summed E-state index contributed by atoms with van der Waals surface area (Å²) in [4.78, 5) is 45.1. The standard InChI is InChI=1S/C29H20F3N7O2/c30-19-9-15(10-20(31)25(19)32)11-24(28(41)39-29-33-7-8-34-29)38-27(40)17-5-6-21-22(13-17)37-26(36-21)23-12-16-3-1-2-4-18(16)14-35-23/h1-10,12-14,24H,11H2,(H,36,37)(H,38,40)(H2,33,34,39,41). The van der Waals surface area contributed by atoms with Crippen molar-refractivity contribution < 1.29 is 22.8 Å². The number of halogens is 3. The fraction of sp³-hybridized carbons (Fsp3) is 0.0690. The molecule has 2 amide bonds. The molecule has 6 rings (SSSR count). The Morgan fingerprint density at radius 2 is 1.71 bits per heavy atom. The van der Waals surface area contributed by atoms with Crippen LogP contribution in [-0.4, -0.2) is 42.8 Å². The van der Waals surface area contributed by atoms with E-state index in [4.69, 9.17) is 0 Å². The number of aromatic amines is 2. The molecular weight excluding hydrogens is 535 g/mol. The molecule has 0 bridgehead atoms. The van der Waals surface area contributed by atoms with Crippen LogP contribution in [0.5, 0.6) is 0 Å². The van der Waals surface area contributed by atoms with Gasteiger partial charge in [-0.05, 0) is 47.3 Å². The van der Waals surface area contributed by atoms with Gasteiger partial charge in [-0.1, -0.05) is 24.3 Å². The first-order valence-electron chi connectivity index (χ1n) is 12.4. The lowest BCUT2D eigenvalue weighted by Gasteiger charge is -2.18. The number of carbonyl (C=O) groups is 2. The molecule has 4 N–H and O–H groups in total. The van der Waals surface area contributed by atoms with Crippen LogP contribution in [0.1, 0.15) is 15.9 Å². The molecule has 0 saturated heterocycles. The number of nitrogens with zero attached hydrogens (tertiary/aromatic N) is 3. The van der Waals surface area contributed by atoms with E-state index < -0.39 is 35.3 Å². The molecule has 3 heterocycles. The molecule has 0 aliphatic heterocycles. The zero-order valence-corrected chi connectivity index (χ0v) is 21.1. The fourth-order valence-corrected chi connectivity index (χ4v) is 4.43. The number of anilines is 1. The first-order valence-corrected chi connectivity index (χ1v) is 12.4. The lowest BCUT2D eigenvalue weighted by Crippen LogP contribution is -2.45. The van der Waals surface area contributed by atoms with E-state index in [1.54, 1.807) is 24.4 Å². The predicted molar refractivity (Wildman–Crippen MR) is 145 cm³/mol. The van der Waals surface area contributed by atoms with Crippen LogP contribution in [0, 0.1) is 17.5 Å². The summed E-state index contributed by atoms with van der Waals surface area (Å²) in [7, 11) is 0. The van der Waals surface area contributed by atoms with Crippen molar-refractivity contribution in [1.82, 2.24) is 30.2 Å². The van der Waals surface area contributed by atoms with Gasteiger partial charge in [-0.2, -0.15) is 0 Å². The third kappa shape index (κ3) is 5.35. The molecule has 3 aromatic heterocycles. The molecule has 0 aliphatic rings. The third-order valence-corrected chi connectivity index (χ3v) is 6.46. The molecule has 204 valence electrons. The molecule has 0 spiro atoms. The summed E-state index contributed by atoms with van der Waals surface area (Å²) in [5.41, 5.74) is 1.93. The zero-order valence-electron chi connectivity index (χ0n) is 21.1. The van der Waals surface area contributed by atoms with Gasteiger partial charge in [0.25, 0.3) is 5.91 Å². The number of fused-ring (bicyclic) bond motifs is 2. The van der Waals surface area contributed by atoms with Gasteiger partial charge >= 0.3 is 0 Å². The number of imidazole rings is 2. The van der Waals surface area contributed by atoms with Crippen molar-refractivity contribution in [2.45, 2.75) is 12.5 Å². The Bertz CT molecular complexity index is 1900. The summed E-state index contributed by atoms with van der Waals surface area (Å²) in [5, 5.41) is 7.07. The molecule has 12 heteroatoms. The van der Waals surface area contributed by atoms with Crippen LogP contribution in [0.3, 0.4) is 0 Å². The Morgan fingerprint density at radius 1 is 0.927 bits per heavy atom. The maximum atomic E-state index is 13.8. The van der Waals surface area contributed by atoms with Gasteiger partial charge in [-0.25, -0.2) is 23.1 Å². The van der Waals surface area contributed by atoms with Gasteiger partial charge in [-0.3, -0.25) is 19.9 Å². The van der Waals surface area contributed by atoms with Crippen LogP contribution in [0.4, 0.5) is 19.1 Å². The maximum Gasteiger partial charge on any atom is 0.252 e. The van der Waals surface area contributed by atoms with Crippen molar-refractivity contribution in [2.75, 3.05) is 5.32 Å². The molecule has 0 fully saturated rings. The van der Waals surface area contributed by atoms with Crippen molar-refractivity contribution in [3.8, 4) is 11.5 Å². The van der Waals surface area contributed by atoms with Crippen LogP contribution >= 0.6 is 0 Å². The topological polar surface area (TPSA) is 128 Å². The highest BCUT2D eigenvalue weighted by Gasteiger charge is 2.24. The lowest BCUT2D eigenvalue weighted by atomic mass is 10.0. The van der Waals surface area contributed by atoms with Gasteiger partial charge in [0.05, 0.1) is 11.0 Å². The van der Waals surface area contributed by atoms with Crippen molar-refractivity contribution in [1.29, 1.82) is 0 Å². The van der Waals surface area contributed by atoms with Gasteiger partial charge in [-0.15, -0.1) is 0 Å². The molecule has 1 unspecified atom stereocenters. The van der Waals surface area contributed by atoms with Gasteiger partial charge in [0.1, 0.15) is 11.7 Å². The number of aromatic nitrogens is 5. The van der Waals surface area contributed by atoms with E-state index in [1.165, 1.54) is 12.4 Å². The number of hydrogen-bond acceptors (Lipinski definition) is 5. The van der Waals surface area contributed by atoms with Gasteiger partial charge < -0.3 is 15.3 Å². The third-order valence-electron chi connectivity index (χ3n) is 6.46. The second kappa shape index (κ2) is 10.6. The monoisotopic (exact) mass is 555 g/mol. The number of pyridine rings is 1. The Morgan fingerprint density at radius 3 is 2.46 bits per heavy atom. The van der Waals surface area contributed by atoms with Crippen molar-refractivity contribution in [2.24, 2.45) is 0 Å². The number of nitrogens with one attached hydrogen (secondary N) is 4. The number of amides is 2. The minimum Gasteiger partial charge on any atom is -0.340 e. The summed E-state index contributed by atoms with van der Waals surface area (Å²) in [6, 6.07) is 14.7. The molecule has 0 saturated carbocycles. The van der Waals surface area contributed by atoms with Crippen LogP contribution < -0.4 is 10.6 Å². The smallest absolute Gasteiger partial charge is 0.252 e. The summed E-state index contributed by atoms with van der Waals surface area (Å²) < 4.78 is 41.2. The molecular formula is C29H20F3N7O2. The largest absolute Gasteiger partial charge is 0.340 e. The first-order chi connectivity index (χ1) is 19.8. The predicted octanol–water partition coefficient (Wildman–Crippen LogP) is 4.90. The molecule has 0 radical (unpaired) electrons. The van der Waals surface area contributed by atoms with Crippen LogP contribution in [0.25, 0.3) is 33.3 Å². The SMILES string of the molecule is O=C(NC(Cc1cc(F)c(F)c(F)c1)C(=O)Nc1ncc[nH]1)c1ccc2[nH]c(-c3cc4ccccc4cn3)nc2c1. The molecule has 41 heavy (non-hydrogen) atoms. The minimum atomic E-state index is -1.63. The van der Waals surface area contributed by atoms with Crippen molar-refractivity contribution in [3.63, 3.8) is 0 Å². The number of benzene rings is 3. The maximum absolute atomic E-state index is 13.8. The highest BCUT2D eigenvalue weighted by atomic mass is 19.2. The van der Waals surface area contributed by atoms with Crippen molar-refractivity contribution in [3.05, 3.63) is 108 Å². The second-order valence-electron chi connectivity index (χ2n) is 9.26. The Labute approximate surface area is 229 Å². The summed E-state index contributed by atoms with van der Waals surface area (Å²) in [6.07, 6.45) is 4.32. The van der Waals surface area contributed by atoms with Crippen LogP contribution in [0.15, 0.2) is 79.3 Å². The number of rotatable bonds is 7. The van der Waals surface area contributed by atoms with E-state index in [0.29, 0.717) is 22.6 Å². The van der Waals surface area contributed by atoms with E-state index in [0.717, 1.165) is 22.9 Å². The highest BCUT2D eigenvalue weighted by molar-refractivity contribution is 6.02. The lowest BCUT2D eigenvalue weighted by molar-refractivity contribution is -0.118. The van der Waals surface area contributed by atoms with Gasteiger partial charge in [0.15, 0.2) is 23.3 Å². The summed E-state index contributed by atoms with van der Waals surface area (Å²) in [5.74, 6) is -5.15. The Balaban J connectivity index is 1.26. The second-order valence-corrected chi connectivity index (χ2v) is 9.26. The summed E-state index contributed by atoms with van der Waals surface area (Å²) >= 11 is 0. The van der Waals surface area contributed by atoms with E-state index in [9.17, 15) is 22.8 Å². The quantitative estimate of drug-likeness (QED) is 0.208. The number of hydrogen-bond donors (Lipinski definition) is 4. The summed E-state index contributed by atoms with van der Waals surface area (Å²) in [6.45, 7) is 0. The van der Waals surface area contributed by atoms with Gasteiger partial charge in [0.2, 0.25) is 11.9 Å². The number of carbonyl (C=O) groups excluding carboxylic acids is 2. The fourth-order valence-electron chi connectivity index (χ4n) is 4.43. The Hall–Kier alpha value is -5.52. The average molecular weight is 556 g/mol. The molecule has 6 aromatic rings. The van der Waals surface area contributed by atoms with Crippen LogP contribution in [-0.2, 0) is 11.2 Å². The minimum absolute atomic E-state index is 0.0309. The Kier molecular flexibility index (Phi) is 6.63. The zero-order chi connectivity index (χ0) is 28.5. The van der Waals surface area contributed by atoms with E-state index in [2.05, 4.69) is 35.6 Å². The van der Waals surface area contributed by atoms with Crippen LogP contribution in [0.2, 0.25) is 0 Å². The molecule has 9 nitrogen and oxygen atoms in total. The molecule has 0 aliphatic carbocycles. The highest BCUT2D eigenvalue weighted by Crippen LogP contribution is 2.23. The molecule has 1 atom stereocenters. The normalized spacial score (nSPS) is 12.0. The van der Waals surface area contributed by atoms with E-state index in [-0.39, 0.29) is 23.5 Å². The van der Waals surface area contributed by atoms with Gasteiger partial charge in [0, 0.05) is 36.0 Å². The van der Waals surface area contributed by atoms with E-state index in [1.807, 2.05) is 30.3 Å². The molecule has 3 aromatic carbocycles. The van der Waals surface area contributed by atoms with Crippen molar-refractivity contribution >= 4 is 39.6 Å². The number of H-pyrrole nitrogens is 2. The first kappa shape index (κ1) is 25.7.